The number of ether oxygens (including phenoxy) is 1. The van der Waals surface area contributed by atoms with E-state index in [0.717, 1.165) is 51.0 Å². The molecule has 214 valence electrons. The second-order valence-electron chi connectivity index (χ2n) is 10.5. The fraction of sp³-hybridized carbons (Fsp3) is 0.414. The lowest BCUT2D eigenvalue weighted by molar-refractivity contribution is 0.0477. The largest absolute Gasteiger partial charge is 0.494 e. The van der Waals surface area contributed by atoms with E-state index in [9.17, 15) is 19.1 Å². The average molecular weight is 586 g/mol. The van der Waals surface area contributed by atoms with Crippen molar-refractivity contribution in [3.05, 3.63) is 70.3 Å². The summed E-state index contributed by atoms with van der Waals surface area (Å²) in [6.07, 6.45) is 0.791. The third-order valence-electron chi connectivity index (χ3n) is 7.30. The van der Waals surface area contributed by atoms with Gasteiger partial charge < -0.3 is 19.4 Å². The van der Waals surface area contributed by atoms with E-state index >= 15 is 0 Å². The molecular formula is C29H36N3O6PS. The highest BCUT2D eigenvalue weighted by molar-refractivity contribution is 7.46. The Morgan fingerprint density at radius 2 is 1.77 bits per heavy atom. The van der Waals surface area contributed by atoms with Gasteiger partial charge >= 0.3 is 7.82 Å². The topological polar surface area (TPSA) is 104 Å². The van der Waals surface area contributed by atoms with E-state index < -0.39 is 19.6 Å². The number of piperazine rings is 1. The third kappa shape index (κ3) is 6.77. The molecule has 1 unspecified atom stereocenters. The molecule has 1 fully saturated rings. The third-order valence-corrected chi connectivity index (χ3v) is 8.67. The number of thiophene rings is 1. The lowest BCUT2D eigenvalue weighted by Crippen LogP contribution is -2.46. The molecule has 9 nitrogen and oxygen atoms in total. The molecular weight excluding hydrogens is 549 g/mol. The zero-order chi connectivity index (χ0) is 28.3. The van der Waals surface area contributed by atoms with Gasteiger partial charge in [-0.25, -0.2) is 4.57 Å². The molecule has 0 spiro atoms. The van der Waals surface area contributed by atoms with Crippen LogP contribution in [0.15, 0.2) is 64.8 Å². The van der Waals surface area contributed by atoms with Crippen molar-refractivity contribution in [2.75, 3.05) is 44.2 Å². The van der Waals surface area contributed by atoms with Gasteiger partial charge in [0.2, 0.25) is 0 Å². The first kappa shape index (κ1) is 28.8. The van der Waals surface area contributed by atoms with Crippen LogP contribution in [0.4, 0.5) is 5.69 Å². The van der Waals surface area contributed by atoms with Crippen LogP contribution >= 0.6 is 19.2 Å². The minimum atomic E-state index is -4.81. The van der Waals surface area contributed by atoms with Gasteiger partial charge in [-0.15, -0.1) is 11.3 Å². The summed E-state index contributed by atoms with van der Waals surface area (Å²) >= 11 is 1.79. The number of aromatic nitrogens is 1. The van der Waals surface area contributed by atoms with Gasteiger partial charge in [0, 0.05) is 54.1 Å². The predicted molar refractivity (Wildman–Crippen MR) is 160 cm³/mol. The number of hydrogen-bond acceptors (Lipinski definition) is 7. The van der Waals surface area contributed by atoms with E-state index in [1.54, 1.807) is 37.3 Å². The molecule has 1 aliphatic heterocycles. The van der Waals surface area contributed by atoms with Crippen LogP contribution in [0.3, 0.4) is 0 Å². The summed E-state index contributed by atoms with van der Waals surface area (Å²) in [5.41, 5.74) is 1.44. The normalized spacial score (nSPS) is 15.8. The number of anilines is 1. The molecule has 2 aromatic carbocycles. The molecule has 40 heavy (non-hydrogen) atoms. The summed E-state index contributed by atoms with van der Waals surface area (Å²) in [6.45, 7) is 9.17. The van der Waals surface area contributed by atoms with Gasteiger partial charge in [-0.1, -0.05) is 19.9 Å². The molecule has 2 aromatic heterocycles. The lowest BCUT2D eigenvalue weighted by atomic mass is 10.1. The highest BCUT2D eigenvalue weighted by Crippen LogP contribution is 2.43. The number of fused-ring (bicyclic) bond motifs is 2. The van der Waals surface area contributed by atoms with Crippen molar-refractivity contribution in [1.29, 1.82) is 0 Å². The molecule has 5 rings (SSSR count). The van der Waals surface area contributed by atoms with E-state index in [0.29, 0.717) is 17.9 Å². The molecule has 1 atom stereocenters. The van der Waals surface area contributed by atoms with Gasteiger partial charge in [0.15, 0.2) is 6.23 Å². The fourth-order valence-electron chi connectivity index (χ4n) is 5.29. The standard InChI is InChI=1S/C29H36N3O6PS/c1-21(2)29(38-39(34,35)36)32-26-20-23(10-8-22(26)9-11-28(32)33)37-18-4-3-13-30-14-16-31(17-15-30)25-6-5-7-27-24(25)12-19-40-27/h5-12,19-21,29H,3-4,13-18H2,1-2H3,(H2,34,35,36). The molecule has 3 heterocycles. The van der Waals surface area contributed by atoms with Crippen LogP contribution in [0.1, 0.15) is 32.9 Å². The Bertz CT molecular complexity index is 1560. The summed E-state index contributed by atoms with van der Waals surface area (Å²) < 4.78 is 25.3. The molecule has 0 bridgehead atoms. The highest BCUT2D eigenvalue weighted by atomic mass is 32.1. The van der Waals surface area contributed by atoms with E-state index in [4.69, 9.17) is 9.26 Å². The Kier molecular flexibility index (Phi) is 8.95. The van der Waals surface area contributed by atoms with E-state index in [2.05, 4.69) is 39.4 Å². The first-order chi connectivity index (χ1) is 19.2. The van der Waals surface area contributed by atoms with Crippen molar-refractivity contribution >= 4 is 45.8 Å². The van der Waals surface area contributed by atoms with Gasteiger partial charge in [-0.2, -0.15) is 0 Å². The average Bonchev–Trinajstić information content (AvgIpc) is 3.41. The number of phosphoric ester groups is 1. The molecule has 1 saturated heterocycles. The summed E-state index contributed by atoms with van der Waals surface area (Å²) in [5, 5.41) is 4.26. The Balaban J connectivity index is 1.14. The van der Waals surface area contributed by atoms with Crippen molar-refractivity contribution in [1.82, 2.24) is 9.47 Å². The number of benzene rings is 2. The SMILES string of the molecule is CC(C)C(OP(=O)(O)O)n1c(=O)ccc2ccc(OCCCCN3CCN(c4cccc5sccc45)CC3)cc21. The van der Waals surface area contributed by atoms with E-state index in [1.165, 1.54) is 26.4 Å². The molecule has 0 aliphatic carbocycles. The quantitative estimate of drug-likeness (QED) is 0.177. The number of rotatable bonds is 11. The van der Waals surface area contributed by atoms with Crippen LogP contribution in [-0.4, -0.2) is 58.6 Å². The van der Waals surface area contributed by atoms with Gasteiger partial charge in [-0.05, 0) is 72.5 Å². The Hall–Kier alpha value is -2.72. The zero-order valence-corrected chi connectivity index (χ0v) is 24.5. The number of phosphoric acid groups is 1. The van der Waals surface area contributed by atoms with Crippen LogP contribution in [0.2, 0.25) is 0 Å². The fourth-order valence-corrected chi connectivity index (χ4v) is 6.71. The Morgan fingerprint density at radius 1 is 1.00 bits per heavy atom. The number of unbranched alkanes of at least 4 members (excludes halogenated alkanes) is 1. The molecule has 4 aromatic rings. The Morgan fingerprint density at radius 3 is 2.52 bits per heavy atom. The molecule has 1 aliphatic rings. The second kappa shape index (κ2) is 12.4. The van der Waals surface area contributed by atoms with Crippen molar-refractivity contribution < 1.29 is 23.6 Å². The number of pyridine rings is 1. The highest BCUT2D eigenvalue weighted by Gasteiger charge is 2.28. The zero-order valence-electron chi connectivity index (χ0n) is 22.8. The van der Waals surface area contributed by atoms with Gasteiger partial charge in [0.1, 0.15) is 5.75 Å². The van der Waals surface area contributed by atoms with Crippen LogP contribution in [0, 0.1) is 5.92 Å². The van der Waals surface area contributed by atoms with Crippen molar-refractivity contribution in [3.8, 4) is 5.75 Å². The van der Waals surface area contributed by atoms with Crippen molar-refractivity contribution in [3.63, 3.8) is 0 Å². The minimum Gasteiger partial charge on any atom is -0.494 e. The first-order valence-electron chi connectivity index (χ1n) is 13.7. The summed E-state index contributed by atoms with van der Waals surface area (Å²) in [4.78, 5) is 36.6. The van der Waals surface area contributed by atoms with Crippen LogP contribution in [-0.2, 0) is 9.09 Å². The molecule has 2 N–H and O–H groups in total. The minimum absolute atomic E-state index is 0.355. The maximum Gasteiger partial charge on any atom is 0.471 e. The van der Waals surface area contributed by atoms with Gasteiger partial charge in [0.05, 0.1) is 12.1 Å². The molecule has 0 amide bonds. The predicted octanol–water partition coefficient (Wildman–Crippen LogP) is 5.46. The van der Waals surface area contributed by atoms with Gasteiger partial charge in [-0.3, -0.25) is 18.8 Å². The number of hydrogen-bond donors (Lipinski definition) is 2. The van der Waals surface area contributed by atoms with Crippen molar-refractivity contribution in [2.45, 2.75) is 32.9 Å². The lowest BCUT2D eigenvalue weighted by Gasteiger charge is -2.36. The van der Waals surface area contributed by atoms with Crippen LogP contribution in [0.25, 0.3) is 21.0 Å². The Labute approximate surface area is 237 Å². The summed E-state index contributed by atoms with van der Waals surface area (Å²) in [6, 6.07) is 17.3. The van der Waals surface area contributed by atoms with Gasteiger partial charge in [0.25, 0.3) is 5.56 Å². The van der Waals surface area contributed by atoms with Crippen LogP contribution < -0.4 is 15.2 Å². The molecule has 11 heteroatoms. The monoisotopic (exact) mass is 585 g/mol. The molecule has 0 saturated carbocycles. The van der Waals surface area contributed by atoms with Crippen molar-refractivity contribution in [2.24, 2.45) is 5.92 Å². The van der Waals surface area contributed by atoms with Crippen LogP contribution in [0.5, 0.6) is 5.75 Å². The first-order valence-corrected chi connectivity index (χ1v) is 16.1. The molecule has 0 radical (unpaired) electrons. The summed E-state index contributed by atoms with van der Waals surface area (Å²) in [5.74, 6) is 0.244. The van der Waals surface area contributed by atoms with E-state index in [1.807, 2.05) is 12.1 Å². The maximum absolute atomic E-state index is 12.8. The second-order valence-corrected chi connectivity index (χ2v) is 12.6. The number of nitrogens with zero attached hydrogens (tertiary/aromatic N) is 3. The smallest absolute Gasteiger partial charge is 0.471 e. The maximum atomic E-state index is 12.8. The summed E-state index contributed by atoms with van der Waals surface area (Å²) in [7, 11) is -4.81. The van der Waals surface area contributed by atoms with E-state index in [-0.39, 0.29) is 5.92 Å².